The highest BCUT2D eigenvalue weighted by Gasteiger charge is 2.12. The molecule has 1 fully saturated rings. The summed E-state index contributed by atoms with van der Waals surface area (Å²) in [6.07, 6.45) is 7.33. The summed E-state index contributed by atoms with van der Waals surface area (Å²) >= 11 is -1.82. The summed E-state index contributed by atoms with van der Waals surface area (Å²) in [7, 11) is 0. The first-order chi connectivity index (χ1) is 5.29. The lowest BCUT2D eigenvalue weighted by Gasteiger charge is -2.21. The SMILES string of the molecule is O=S([O-])CCC1CCCCC1. The van der Waals surface area contributed by atoms with E-state index in [1.165, 1.54) is 32.1 Å². The normalized spacial score (nSPS) is 23.4. The van der Waals surface area contributed by atoms with Gasteiger partial charge in [0.15, 0.2) is 0 Å². The zero-order chi connectivity index (χ0) is 8.10. The van der Waals surface area contributed by atoms with E-state index in [2.05, 4.69) is 0 Å². The molecule has 1 unspecified atom stereocenters. The van der Waals surface area contributed by atoms with Crippen molar-refractivity contribution in [3.05, 3.63) is 0 Å². The maximum absolute atomic E-state index is 10.2. The Hall–Kier alpha value is 0.110. The largest absolute Gasteiger partial charge is 0.772 e. The highest BCUT2D eigenvalue weighted by atomic mass is 32.2. The van der Waals surface area contributed by atoms with E-state index in [-0.39, 0.29) is 0 Å². The van der Waals surface area contributed by atoms with Gasteiger partial charge in [0.25, 0.3) is 0 Å². The van der Waals surface area contributed by atoms with Gasteiger partial charge < -0.3 is 4.55 Å². The summed E-state index contributed by atoms with van der Waals surface area (Å²) in [5.41, 5.74) is 0. The van der Waals surface area contributed by atoms with Gasteiger partial charge in [0.1, 0.15) is 0 Å². The Morgan fingerprint density at radius 1 is 1.27 bits per heavy atom. The Kier molecular flexibility index (Phi) is 4.08. The van der Waals surface area contributed by atoms with Crippen molar-refractivity contribution in [2.75, 3.05) is 5.75 Å². The topological polar surface area (TPSA) is 40.1 Å². The second-order valence-corrected chi connectivity index (χ2v) is 4.32. The van der Waals surface area contributed by atoms with Gasteiger partial charge in [0.2, 0.25) is 0 Å². The quantitative estimate of drug-likeness (QED) is 0.614. The molecule has 1 aliphatic rings. The van der Waals surface area contributed by atoms with Crippen LogP contribution in [0.1, 0.15) is 38.5 Å². The molecular formula is C8H15O2S-. The number of hydrogen-bond acceptors (Lipinski definition) is 2. The Balaban J connectivity index is 2.09. The van der Waals surface area contributed by atoms with Crippen molar-refractivity contribution in [2.45, 2.75) is 38.5 Å². The second kappa shape index (κ2) is 4.88. The van der Waals surface area contributed by atoms with E-state index in [1.807, 2.05) is 0 Å². The third kappa shape index (κ3) is 3.87. The van der Waals surface area contributed by atoms with E-state index in [1.54, 1.807) is 0 Å². The molecule has 1 aliphatic carbocycles. The van der Waals surface area contributed by atoms with E-state index in [0.717, 1.165) is 6.42 Å². The van der Waals surface area contributed by atoms with Crippen LogP contribution in [0.25, 0.3) is 0 Å². The van der Waals surface area contributed by atoms with Crippen LogP contribution in [0.4, 0.5) is 0 Å². The fourth-order valence-electron chi connectivity index (χ4n) is 1.74. The van der Waals surface area contributed by atoms with Gasteiger partial charge in [-0.15, -0.1) is 0 Å². The van der Waals surface area contributed by atoms with Gasteiger partial charge >= 0.3 is 0 Å². The van der Waals surface area contributed by atoms with E-state index >= 15 is 0 Å². The van der Waals surface area contributed by atoms with E-state index < -0.39 is 11.1 Å². The molecule has 0 spiro atoms. The van der Waals surface area contributed by atoms with Gasteiger partial charge in [-0.05, 0) is 12.3 Å². The van der Waals surface area contributed by atoms with Crippen LogP contribution in [0.3, 0.4) is 0 Å². The van der Waals surface area contributed by atoms with Crippen LogP contribution in [0.5, 0.6) is 0 Å². The van der Waals surface area contributed by atoms with E-state index in [0.29, 0.717) is 11.7 Å². The number of hydrogen-bond donors (Lipinski definition) is 0. The summed E-state index contributed by atoms with van der Waals surface area (Å²) in [5, 5.41) is 0. The highest BCUT2D eigenvalue weighted by Crippen LogP contribution is 2.26. The molecule has 1 saturated carbocycles. The molecule has 0 aliphatic heterocycles. The first-order valence-corrected chi connectivity index (χ1v) is 5.59. The molecule has 0 aromatic carbocycles. The minimum atomic E-state index is -1.82. The Labute approximate surface area is 70.7 Å². The summed E-state index contributed by atoms with van der Waals surface area (Å²) in [6, 6.07) is 0. The maximum Gasteiger partial charge on any atom is 0.0104 e. The standard InChI is InChI=1S/C8H16O2S/c9-11(10)7-6-8-4-2-1-3-5-8/h8H,1-7H2,(H,9,10)/p-1. The molecule has 0 bridgehead atoms. The molecule has 11 heavy (non-hydrogen) atoms. The monoisotopic (exact) mass is 175 g/mol. The molecule has 1 atom stereocenters. The van der Waals surface area contributed by atoms with Crippen LogP contribution < -0.4 is 0 Å². The van der Waals surface area contributed by atoms with Crippen molar-refractivity contribution in [3.63, 3.8) is 0 Å². The second-order valence-electron chi connectivity index (χ2n) is 3.30. The Morgan fingerprint density at radius 2 is 1.91 bits per heavy atom. The average Bonchev–Trinajstić information content (AvgIpc) is 2.03. The minimum Gasteiger partial charge on any atom is -0.772 e. The summed E-state index contributed by atoms with van der Waals surface area (Å²) < 4.78 is 20.5. The van der Waals surface area contributed by atoms with Crippen molar-refractivity contribution in [3.8, 4) is 0 Å². The molecule has 0 N–H and O–H groups in total. The highest BCUT2D eigenvalue weighted by molar-refractivity contribution is 7.79. The summed E-state index contributed by atoms with van der Waals surface area (Å²) in [5.74, 6) is 1.06. The molecule has 1 rings (SSSR count). The molecule has 3 heteroatoms. The molecule has 0 aromatic rings. The van der Waals surface area contributed by atoms with Crippen LogP contribution in [0.2, 0.25) is 0 Å². The van der Waals surface area contributed by atoms with Gasteiger partial charge in [-0.3, -0.25) is 4.21 Å². The average molecular weight is 175 g/mol. The maximum atomic E-state index is 10.2. The van der Waals surface area contributed by atoms with Crippen LogP contribution >= 0.6 is 0 Å². The van der Waals surface area contributed by atoms with Gasteiger partial charge in [-0.2, -0.15) is 0 Å². The van der Waals surface area contributed by atoms with Crippen molar-refractivity contribution in [2.24, 2.45) is 5.92 Å². The predicted molar refractivity (Wildman–Crippen MR) is 45.0 cm³/mol. The molecule has 0 saturated heterocycles. The third-order valence-electron chi connectivity index (χ3n) is 2.42. The first-order valence-electron chi connectivity index (χ1n) is 4.35. The zero-order valence-corrected chi connectivity index (χ0v) is 7.57. The smallest absolute Gasteiger partial charge is 0.0104 e. The Morgan fingerprint density at radius 3 is 2.45 bits per heavy atom. The van der Waals surface area contributed by atoms with Crippen LogP contribution in [0, 0.1) is 5.92 Å². The zero-order valence-electron chi connectivity index (χ0n) is 6.75. The minimum absolute atomic E-state index is 0.366. The fraction of sp³-hybridized carbons (Fsp3) is 1.00. The lowest BCUT2D eigenvalue weighted by atomic mass is 9.88. The summed E-state index contributed by atoms with van der Waals surface area (Å²) in [4.78, 5) is 0. The van der Waals surface area contributed by atoms with Gasteiger partial charge in [0.05, 0.1) is 0 Å². The molecule has 66 valence electrons. The molecule has 0 aromatic heterocycles. The van der Waals surface area contributed by atoms with Crippen molar-refractivity contribution < 1.29 is 8.76 Å². The van der Waals surface area contributed by atoms with Crippen LogP contribution in [0.15, 0.2) is 0 Å². The predicted octanol–water partition coefficient (Wildman–Crippen LogP) is 1.84. The lowest BCUT2D eigenvalue weighted by Crippen LogP contribution is -2.09. The van der Waals surface area contributed by atoms with E-state index in [4.69, 9.17) is 0 Å². The molecule has 0 radical (unpaired) electrons. The van der Waals surface area contributed by atoms with Crippen LogP contribution in [-0.2, 0) is 11.1 Å². The van der Waals surface area contributed by atoms with E-state index in [9.17, 15) is 8.76 Å². The lowest BCUT2D eigenvalue weighted by molar-refractivity contribution is 0.349. The van der Waals surface area contributed by atoms with Crippen molar-refractivity contribution >= 4 is 11.1 Å². The number of rotatable bonds is 3. The van der Waals surface area contributed by atoms with Gasteiger partial charge in [-0.1, -0.05) is 43.2 Å². The molecular weight excluding hydrogens is 160 g/mol. The summed E-state index contributed by atoms with van der Waals surface area (Å²) in [6.45, 7) is 0. The first kappa shape index (κ1) is 9.20. The molecule has 0 heterocycles. The van der Waals surface area contributed by atoms with Crippen molar-refractivity contribution in [1.82, 2.24) is 0 Å². The molecule has 0 amide bonds. The third-order valence-corrected chi connectivity index (χ3v) is 2.99. The van der Waals surface area contributed by atoms with Crippen LogP contribution in [-0.4, -0.2) is 14.5 Å². The van der Waals surface area contributed by atoms with Crippen molar-refractivity contribution in [1.29, 1.82) is 0 Å². The van der Waals surface area contributed by atoms with Gasteiger partial charge in [0, 0.05) is 5.75 Å². The van der Waals surface area contributed by atoms with Gasteiger partial charge in [-0.25, -0.2) is 0 Å². The Bertz CT molecular complexity index is 130. The molecule has 2 nitrogen and oxygen atoms in total. The fourth-order valence-corrected chi connectivity index (χ4v) is 2.26.